The van der Waals surface area contributed by atoms with E-state index in [0.717, 1.165) is 19.1 Å². The molecular weight excluding hydrogens is 284 g/mol. The summed E-state index contributed by atoms with van der Waals surface area (Å²) in [7, 11) is 0. The molecule has 0 saturated carbocycles. The second-order valence-electron chi connectivity index (χ2n) is 4.32. The Balaban J connectivity index is 1.57. The van der Waals surface area contributed by atoms with Gasteiger partial charge in [-0.3, -0.25) is 0 Å². The van der Waals surface area contributed by atoms with Gasteiger partial charge in [0.15, 0.2) is 0 Å². The minimum absolute atomic E-state index is 0.747. The highest BCUT2D eigenvalue weighted by Crippen LogP contribution is 2.21. The molecule has 2 rings (SSSR count). The molecule has 0 aromatic carbocycles. The van der Waals surface area contributed by atoms with Crippen LogP contribution in [0.5, 0.6) is 0 Å². The summed E-state index contributed by atoms with van der Waals surface area (Å²) in [6.07, 6.45) is 5.36. The van der Waals surface area contributed by atoms with Gasteiger partial charge in [0.25, 0.3) is 0 Å². The van der Waals surface area contributed by atoms with Crippen molar-refractivity contribution >= 4 is 27.3 Å². The van der Waals surface area contributed by atoms with Gasteiger partial charge >= 0.3 is 0 Å². The van der Waals surface area contributed by atoms with Gasteiger partial charge in [0.2, 0.25) is 0 Å². The lowest BCUT2D eigenvalue weighted by Crippen LogP contribution is -2.36. The first-order valence-electron chi connectivity index (χ1n) is 6.03. The molecule has 0 bridgehead atoms. The molecule has 1 atom stereocenters. The van der Waals surface area contributed by atoms with Gasteiger partial charge in [0.05, 0.1) is 3.79 Å². The maximum atomic E-state index is 3.58. The average Bonchev–Trinajstić information content (AvgIpc) is 2.72. The minimum atomic E-state index is 0.747. The molecule has 2 heterocycles. The van der Waals surface area contributed by atoms with Crippen LogP contribution in [0.15, 0.2) is 15.9 Å². The Morgan fingerprint density at radius 1 is 1.44 bits per heavy atom. The van der Waals surface area contributed by atoms with E-state index in [0.29, 0.717) is 0 Å². The van der Waals surface area contributed by atoms with E-state index in [1.165, 1.54) is 40.9 Å². The molecule has 16 heavy (non-hydrogen) atoms. The zero-order chi connectivity index (χ0) is 11.2. The van der Waals surface area contributed by atoms with Crippen LogP contribution in [0.4, 0.5) is 0 Å². The van der Waals surface area contributed by atoms with Crippen LogP contribution >= 0.6 is 27.3 Å². The Bertz CT molecular complexity index is 308. The Morgan fingerprint density at radius 2 is 2.38 bits per heavy atom. The summed E-state index contributed by atoms with van der Waals surface area (Å²) < 4.78 is 1.22. The Kier molecular flexibility index (Phi) is 5.29. The predicted octanol–water partition coefficient (Wildman–Crippen LogP) is 3.13. The SMILES string of the molecule is Brc1ccc(CNCCC2CCCCN2)s1. The zero-order valence-corrected chi connectivity index (χ0v) is 11.9. The summed E-state index contributed by atoms with van der Waals surface area (Å²) in [5.74, 6) is 0. The van der Waals surface area contributed by atoms with Crippen LogP contribution in [0, 0.1) is 0 Å². The number of thiophene rings is 1. The van der Waals surface area contributed by atoms with Gasteiger partial charge in [-0.1, -0.05) is 6.42 Å². The highest BCUT2D eigenvalue weighted by atomic mass is 79.9. The third-order valence-electron chi connectivity index (χ3n) is 3.01. The maximum absolute atomic E-state index is 3.58. The molecule has 2 nitrogen and oxygen atoms in total. The van der Waals surface area contributed by atoms with Crippen LogP contribution in [-0.2, 0) is 6.54 Å². The number of halogens is 1. The van der Waals surface area contributed by atoms with E-state index in [4.69, 9.17) is 0 Å². The van der Waals surface area contributed by atoms with Crippen molar-refractivity contribution in [3.63, 3.8) is 0 Å². The highest BCUT2D eigenvalue weighted by Gasteiger charge is 2.11. The van der Waals surface area contributed by atoms with E-state index in [9.17, 15) is 0 Å². The van der Waals surface area contributed by atoms with Crippen molar-refractivity contribution in [3.8, 4) is 0 Å². The molecule has 2 N–H and O–H groups in total. The minimum Gasteiger partial charge on any atom is -0.314 e. The first-order valence-corrected chi connectivity index (χ1v) is 7.64. The number of rotatable bonds is 5. The molecule has 1 aromatic rings. The summed E-state index contributed by atoms with van der Waals surface area (Å²) in [4.78, 5) is 1.41. The van der Waals surface area contributed by atoms with E-state index in [-0.39, 0.29) is 0 Å². The van der Waals surface area contributed by atoms with Gasteiger partial charge in [0, 0.05) is 17.5 Å². The zero-order valence-electron chi connectivity index (χ0n) is 9.47. The quantitative estimate of drug-likeness (QED) is 0.817. The summed E-state index contributed by atoms with van der Waals surface area (Å²) in [5.41, 5.74) is 0. The lowest BCUT2D eigenvalue weighted by atomic mass is 10.0. The molecule has 0 aliphatic carbocycles. The van der Waals surface area contributed by atoms with E-state index in [2.05, 4.69) is 38.7 Å². The largest absolute Gasteiger partial charge is 0.314 e. The first-order chi connectivity index (χ1) is 7.84. The number of hydrogen-bond donors (Lipinski definition) is 2. The monoisotopic (exact) mass is 302 g/mol. The summed E-state index contributed by atoms with van der Waals surface area (Å²) >= 11 is 5.30. The van der Waals surface area contributed by atoms with Crippen molar-refractivity contribution < 1.29 is 0 Å². The fraction of sp³-hybridized carbons (Fsp3) is 0.667. The van der Waals surface area contributed by atoms with Crippen molar-refractivity contribution in [1.82, 2.24) is 10.6 Å². The molecule has 1 unspecified atom stereocenters. The van der Waals surface area contributed by atoms with Crippen molar-refractivity contribution in [2.45, 2.75) is 38.3 Å². The molecule has 4 heteroatoms. The molecule has 1 fully saturated rings. The normalized spacial score (nSPS) is 21.2. The van der Waals surface area contributed by atoms with Crippen LogP contribution in [0.2, 0.25) is 0 Å². The van der Waals surface area contributed by atoms with Gasteiger partial charge in [-0.15, -0.1) is 11.3 Å². The van der Waals surface area contributed by atoms with Crippen molar-refractivity contribution in [3.05, 3.63) is 20.8 Å². The first kappa shape index (κ1) is 12.6. The second-order valence-corrected chi connectivity index (χ2v) is 6.87. The maximum Gasteiger partial charge on any atom is 0.0701 e. The molecule has 1 aromatic heterocycles. The topological polar surface area (TPSA) is 24.1 Å². The molecule has 1 aliphatic rings. The highest BCUT2D eigenvalue weighted by molar-refractivity contribution is 9.11. The van der Waals surface area contributed by atoms with Crippen LogP contribution in [0.25, 0.3) is 0 Å². The Hall–Kier alpha value is 0.1000. The van der Waals surface area contributed by atoms with Gasteiger partial charge in [-0.05, 0) is 60.4 Å². The molecule has 1 aliphatic heterocycles. The predicted molar refractivity (Wildman–Crippen MR) is 74.0 cm³/mol. The summed E-state index contributed by atoms with van der Waals surface area (Å²) in [6, 6.07) is 5.04. The summed E-state index contributed by atoms with van der Waals surface area (Å²) in [5, 5.41) is 7.09. The van der Waals surface area contributed by atoms with E-state index in [1.54, 1.807) is 0 Å². The smallest absolute Gasteiger partial charge is 0.0701 e. The van der Waals surface area contributed by atoms with Crippen LogP contribution in [0.3, 0.4) is 0 Å². The number of piperidine rings is 1. The molecule has 0 amide bonds. The van der Waals surface area contributed by atoms with Crippen LogP contribution in [0.1, 0.15) is 30.6 Å². The molecular formula is C12H19BrN2S. The molecule has 0 spiro atoms. The third kappa shape index (κ3) is 4.17. The van der Waals surface area contributed by atoms with E-state index in [1.807, 2.05) is 11.3 Å². The standard InChI is InChI=1S/C12H19BrN2S/c13-12-5-4-11(16-12)9-14-8-6-10-3-1-2-7-15-10/h4-5,10,14-15H,1-3,6-9H2. The fourth-order valence-electron chi connectivity index (χ4n) is 2.11. The van der Waals surface area contributed by atoms with Gasteiger partial charge in [-0.2, -0.15) is 0 Å². The lowest BCUT2D eigenvalue weighted by Gasteiger charge is -2.23. The Morgan fingerprint density at radius 3 is 3.06 bits per heavy atom. The van der Waals surface area contributed by atoms with Crippen molar-refractivity contribution in [1.29, 1.82) is 0 Å². The van der Waals surface area contributed by atoms with Gasteiger partial charge < -0.3 is 10.6 Å². The fourth-order valence-corrected chi connectivity index (χ4v) is 3.56. The number of nitrogens with one attached hydrogen (secondary N) is 2. The Labute approximate surface area is 110 Å². The van der Waals surface area contributed by atoms with E-state index < -0.39 is 0 Å². The van der Waals surface area contributed by atoms with Crippen molar-refractivity contribution in [2.24, 2.45) is 0 Å². The molecule has 90 valence electrons. The summed E-state index contributed by atoms with van der Waals surface area (Å²) in [6.45, 7) is 3.33. The second kappa shape index (κ2) is 6.74. The molecule has 0 radical (unpaired) electrons. The average molecular weight is 303 g/mol. The van der Waals surface area contributed by atoms with Gasteiger partial charge in [0.1, 0.15) is 0 Å². The van der Waals surface area contributed by atoms with Crippen LogP contribution < -0.4 is 10.6 Å². The van der Waals surface area contributed by atoms with E-state index >= 15 is 0 Å². The lowest BCUT2D eigenvalue weighted by molar-refractivity contribution is 0.376. The molecule has 1 saturated heterocycles. The van der Waals surface area contributed by atoms with Crippen LogP contribution in [-0.4, -0.2) is 19.1 Å². The van der Waals surface area contributed by atoms with Crippen molar-refractivity contribution in [2.75, 3.05) is 13.1 Å². The number of hydrogen-bond acceptors (Lipinski definition) is 3. The van der Waals surface area contributed by atoms with Gasteiger partial charge in [-0.25, -0.2) is 0 Å². The third-order valence-corrected chi connectivity index (χ3v) is 4.63.